The number of nitrogens with zero attached hydrogens (tertiary/aromatic N) is 1. The summed E-state index contributed by atoms with van der Waals surface area (Å²) in [4.78, 5) is 13.9. The van der Waals surface area contributed by atoms with Crippen LogP contribution in [-0.2, 0) is 10.1 Å². The first kappa shape index (κ1) is 20.7. The van der Waals surface area contributed by atoms with Crippen molar-refractivity contribution in [2.24, 2.45) is 0 Å². The van der Waals surface area contributed by atoms with E-state index < -0.39 is 15.8 Å². The molecule has 0 spiro atoms. The summed E-state index contributed by atoms with van der Waals surface area (Å²) in [5.41, 5.74) is -0.523. The predicted molar refractivity (Wildman–Crippen MR) is 114 cm³/mol. The van der Waals surface area contributed by atoms with Gasteiger partial charge >= 0.3 is 10.1 Å². The lowest BCUT2D eigenvalue weighted by molar-refractivity contribution is -0.0366. The highest BCUT2D eigenvalue weighted by Gasteiger charge is 2.37. The van der Waals surface area contributed by atoms with E-state index in [2.05, 4.69) is 0 Å². The summed E-state index contributed by atoms with van der Waals surface area (Å²) in [6, 6.07) is 19.4. The summed E-state index contributed by atoms with van der Waals surface area (Å²) >= 11 is 0. The SMILES string of the molecule is CN1C(=O)c2ccc(OS(=O)(=O)c3ccc(Oc4ccccc4)cc3)cc2OC1(C)C. The second-order valence-electron chi connectivity index (χ2n) is 7.49. The van der Waals surface area contributed by atoms with Gasteiger partial charge in [-0.3, -0.25) is 4.79 Å². The van der Waals surface area contributed by atoms with Gasteiger partial charge in [0.05, 0.1) is 5.56 Å². The molecule has 0 saturated heterocycles. The van der Waals surface area contributed by atoms with Gasteiger partial charge in [0.15, 0.2) is 5.72 Å². The number of benzene rings is 3. The molecule has 0 fully saturated rings. The summed E-state index contributed by atoms with van der Waals surface area (Å²) in [6.07, 6.45) is 0. The molecular formula is C23H21NO6S. The monoisotopic (exact) mass is 439 g/mol. The number of rotatable bonds is 5. The van der Waals surface area contributed by atoms with E-state index >= 15 is 0 Å². The molecule has 0 saturated carbocycles. The maximum Gasteiger partial charge on any atom is 0.339 e. The minimum Gasteiger partial charge on any atom is -0.468 e. The molecule has 0 bridgehead atoms. The Balaban J connectivity index is 1.53. The number of para-hydroxylation sites is 1. The standard InChI is InChI=1S/C23H21NO6S/c1-23(2)24(3)22(25)20-14-11-18(15-21(20)29-23)30-31(26,27)19-12-9-17(10-13-19)28-16-7-5-4-6-8-16/h4-15H,1-3H3. The van der Waals surface area contributed by atoms with Crippen LogP contribution in [-0.4, -0.2) is 32.0 Å². The minimum absolute atomic E-state index is 0.0253. The Kier molecular flexibility index (Phi) is 5.10. The lowest BCUT2D eigenvalue weighted by Gasteiger charge is -2.40. The van der Waals surface area contributed by atoms with Crippen LogP contribution in [0.25, 0.3) is 0 Å². The molecule has 0 radical (unpaired) electrons. The van der Waals surface area contributed by atoms with Crippen LogP contribution in [0.2, 0.25) is 0 Å². The average molecular weight is 439 g/mol. The van der Waals surface area contributed by atoms with Gasteiger partial charge in [0.25, 0.3) is 5.91 Å². The van der Waals surface area contributed by atoms with Crippen molar-refractivity contribution >= 4 is 16.0 Å². The van der Waals surface area contributed by atoms with Gasteiger partial charge in [-0.2, -0.15) is 8.42 Å². The first-order valence-electron chi connectivity index (χ1n) is 9.54. The summed E-state index contributed by atoms with van der Waals surface area (Å²) < 4.78 is 42.2. The van der Waals surface area contributed by atoms with Crippen LogP contribution in [0.5, 0.6) is 23.0 Å². The number of carbonyl (C=O) groups is 1. The predicted octanol–water partition coefficient (Wildman–Crippen LogP) is 4.45. The van der Waals surface area contributed by atoms with Gasteiger partial charge in [-0.05, 0) is 62.4 Å². The van der Waals surface area contributed by atoms with E-state index in [9.17, 15) is 13.2 Å². The summed E-state index contributed by atoms with van der Waals surface area (Å²) in [6.45, 7) is 3.49. The third-order valence-electron chi connectivity index (χ3n) is 4.95. The van der Waals surface area contributed by atoms with Crippen LogP contribution in [0.4, 0.5) is 0 Å². The zero-order valence-corrected chi connectivity index (χ0v) is 18.0. The Morgan fingerprint density at radius 2 is 1.48 bits per heavy atom. The molecular weight excluding hydrogens is 418 g/mol. The fourth-order valence-electron chi connectivity index (χ4n) is 3.05. The van der Waals surface area contributed by atoms with Crippen LogP contribution < -0.4 is 13.7 Å². The molecule has 31 heavy (non-hydrogen) atoms. The zero-order chi connectivity index (χ0) is 22.2. The second kappa shape index (κ2) is 7.63. The molecule has 8 heteroatoms. The van der Waals surface area contributed by atoms with Crippen molar-refractivity contribution < 1.29 is 26.9 Å². The molecule has 1 aliphatic heterocycles. The number of carbonyl (C=O) groups excluding carboxylic acids is 1. The molecule has 1 aliphatic rings. The van der Waals surface area contributed by atoms with Crippen molar-refractivity contribution in [3.8, 4) is 23.0 Å². The normalized spacial score (nSPS) is 15.1. The fraction of sp³-hybridized carbons (Fsp3) is 0.174. The lowest BCUT2D eigenvalue weighted by Crippen LogP contribution is -2.52. The first-order valence-corrected chi connectivity index (χ1v) is 11.0. The number of amides is 1. The molecule has 3 aromatic rings. The van der Waals surface area contributed by atoms with E-state index in [1.165, 1.54) is 35.2 Å². The first-order chi connectivity index (χ1) is 14.7. The van der Waals surface area contributed by atoms with Crippen molar-refractivity contribution in [2.75, 3.05) is 7.05 Å². The molecule has 0 aromatic heterocycles. The summed E-state index contributed by atoms with van der Waals surface area (Å²) in [7, 11) is -2.44. The molecule has 0 atom stereocenters. The van der Waals surface area contributed by atoms with E-state index in [0.29, 0.717) is 17.1 Å². The van der Waals surface area contributed by atoms with Gasteiger partial charge in [-0.25, -0.2) is 0 Å². The highest BCUT2D eigenvalue weighted by molar-refractivity contribution is 7.87. The van der Waals surface area contributed by atoms with E-state index in [-0.39, 0.29) is 22.3 Å². The molecule has 0 aliphatic carbocycles. The molecule has 160 valence electrons. The van der Waals surface area contributed by atoms with E-state index in [0.717, 1.165) is 0 Å². The molecule has 7 nitrogen and oxygen atoms in total. The zero-order valence-electron chi connectivity index (χ0n) is 17.2. The number of ether oxygens (including phenoxy) is 2. The Bertz CT molecular complexity index is 1220. The van der Waals surface area contributed by atoms with Gasteiger partial charge in [0.1, 0.15) is 27.9 Å². The van der Waals surface area contributed by atoms with Gasteiger partial charge < -0.3 is 18.6 Å². The maximum absolute atomic E-state index is 12.7. The van der Waals surface area contributed by atoms with Gasteiger partial charge in [-0.15, -0.1) is 0 Å². The molecule has 3 aromatic carbocycles. The Morgan fingerprint density at radius 3 is 2.16 bits per heavy atom. The van der Waals surface area contributed by atoms with Crippen molar-refractivity contribution in [3.63, 3.8) is 0 Å². The third-order valence-corrected chi connectivity index (χ3v) is 6.21. The quantitative estimate of drug-likeness (QED) is 0.547. The van der Waals surface area contributed by atoms with Crippen LogP contribution in [0, 0.1) is 0 Å². The van der Waals surface area contributed by atoms with Crippen LogP contribution in [0.15, 0.2) is 77.7 Å². The van der Waals surface area contributed by atoms with Crippen molar-refractivity contribution in [3.05, 3.63) is 78.4 Å². The molecule has 1 amide bonds. The van der Waals surface area contributed by atoms with Gasteiger partial charge in [0, 0.05) is 13.1 Å². The molecule has 0 N–H and O–H groups in total. The minimum atomic E-state index is -4.09. The Hall–Kier alpha value is -3.52. The largest absolute Gasteiger partial charge is 0.468 e. The number of fused-ring (bicyclic) bond motifs is 1. The fourth-order valence-corrected chi connectivity index (χ4v) is 3.97. The van der Waals surface area contributed by atoms with E-state index in [1.807, 2.05) is 18.2 Å². The van der Waals surface area contributed by atoms with Gasteiger partial charge in [-0.1, -0.05) is 18.2 Å². The highest BCUT2D eigenvalue weighted by Crippen LogP contribution is 2.35. The summed E-state index contributed by atoms with van der Waals surface area (Å²) in [5.74, 6) is 1.25. The van der Waals surface area contributed by atoms with E-state index in [1.54, 1.807) is 45.2 Å². The number of hydrogen-bond donors (Lipinski definition) is 0. The Morgan fingerprint density at radius 1 is 0.871 bits per heavy atom. The lowest BCUT2D eigenvalue weighted by atomic mass is 10.1. The van der Waals surface area contributed by atoms with Gasteiger partial charge in [0.2, 0.25) is 0 Å². The molecule has 4 rings (SSSR count). The second-order valence-corrected chi connectivity index (χ2v) is 9.04. The molecule has 0 unspecified atom stereocenters. The third kappa shape index (κ3) is 4.20. The highest BCUT2D eigenvalue weighted by atomic mass is 32.2. The van der Waals surface area contributed by atoms with E-state index in [4.69, 9.17) is 13.7 Å². The number of hydrogen-bond acceptors (Lipinski definition) is 6. The van der Waals surface area contributed by atoms with Crippen LogP contribution in [0.1, 0.15) is 24.2 Å². The topological polar surface area (TPSA) is 82.1 Å². The Labute approximate surface area is 180 Å². The summed E-state index contributed by atoms with van der Waals surface area (Å²) in [5, 5.41) is 0. The molecule has 1 heterocycles. The van der Waals surface area contributed by atoms with Crippen LogP contribution in [0.3, 0.4) is 0 Å². The maximum atomic E-state index is 12.7. The smallest absolute Gasteiger partial charge is 0.339 e. The van der Waals surface area contributed by atoms with Crippen molar-refractivity contribution in [1.82, 2.24) is 4.90 Å². The average Bonchev–Trinajstić information content (AvgIpc) is 2.73. The van der Waals surface area contributed by atoms with Crippen molar-refractivity contribution in [1.29, 1.82) is 0 Å². The van der Waals surface area contributed by atoms with Crippen LogP contribution >= 0.6 is 0 Å². The van der Waals surface area contributed by atoms with Crippen molar-refractivity contribution in [2.45, 2.75) is 24.5 Å².